The lowest BCUT2D eigenvalue weighted by atomic mass is 10.2. The number of halogens is 1. The fraction of sp³-hybridized carbons (Fsp3) is 0.455. The standard InChI is InChI=1S/C11H15ClN2O3/c1-2-3-9(15)7-13-11-5-4-8(14(16)17)6-10(11)12/h4-6,9,13,15H,2-3,7H2,1H3. The van der Waals surface area contributed by atoms with E-state index in [1.54, 1.807) is 6.07 Å². The lowest BCUT2D eigenvalue weighted by molar-refractivity contribution is -0.384. The molecule has 0 amide bonds. The summed E-state index contributed by atoms with van der Waals surface area (Å²) in [6.07, 6.45) is 1.17. The van der Waals surface area contributed by atoms with E-state index < -0.39 is 11.0 Å². The van der Waals surface area contributed by atoms with E-state index in [4.69, 9.17) is 11.6 Å². The van der Waals surface area contributed by atoms with Crippen molar-refractivity contribution in [3.8, 4) is 0 Å². The first-order valence-electron chi connectivity index (χ1n) is 5.40. The van der Waals surface area contributed by atoms with Gasteiger partial charge in [-0.15, -0.1) is 0 Å². The first-order chi connectivity index (χ1) is 8.04. The van der Waals surface area contributed by atoms with Crippen molar-refractivity contribution in [3.63, 3.8) is 0 Å². The fourth-order valence-electron chi connectivity index (χ4n) is 1.42. The number of hydrogen-bond donors (Lipinski definition) is 2. The third-order valence-corrected chi connectivity index (χ3v) is 2.63. The van der Waals surface area contributed by atoms with Crippen molar-refractivity contribution < 1.29 is 10.0 Å². The van der Waals surface area contributed by atoms with Crippen LogP contribution in [0.3, 0.4) is 0 Å². The molecule has 1 aromatic rings. The van der Waals surface area contributed by atoms with Crippen LogP contribution in [-0.4, -0.2) is 22.7 Å². The molecule has 5 nitrogen and oxygen atoms in total. The van der Waals surface area contributed by atoms with Crippen molar-refractivity contribution in [2.24, 2.45) is 0 Å². The van der Waals surface area contributed by atoms with Gasteiger partial charge in [0.15, 0.2) is 0 Å². The largest absolute Gasteiger partial charge is 0.391 e. The summed E-state index contributed by atoms with van der Waals surface area (Å²) in [5.41, 5.74) is 0.544. The number of nitro benzene ring substituents is 1. The van der Waals surface area contributed by atoms with Gasteiger partial charge in [0.05, 0.1) is 21.7 Å². The number of nitrogens with zero attached hydrogens (tertiary/aromatic N) is 1. The third kappa shape index (κ3) is 4.20. The van der Waals surface area contributed by atoms with Gasteiger partial charge in [0.25, 0.3) is 5.69 Å². The van der Waals surface area contributed by atoms with Gasteiger partial charge in [-0.3, -0.25) is 10.1 Å². The van der Waals surface area contributed by atoms with Gasteiger partial charge in [-0.25, -0.2) is 0 Å². The van der Waals surface area contributed by atoms with Crippen LogP contribution in [0, 0.1) is 10.1 Å². The molecule has 0 heterocycles. The molecule has 1 rings (SSSR count). The Morgan fingerprint density at radius 2 is 2.29 bits per heavy atom. The van der Waals surface area contributed by atoms with E-state index in [2.05, 4.69) is 5.32 Å². The molecular formula is C11H15ClN2O3. The Hall–Kier alpha value is -1.33. The lowest BCUT2D eigenvalue weighted by Crippen LogP contribution is -2.19. The van der Waals surface area contributed by atoms with Crippen molar-refractivity contribution in [2.45, 2.75) is 25.9 Å². The molecule has 0 aromatic heterocycles. The highest BCUT2D eigenvalue weighted by atomic mass is 35.5. The SMILES string of the molecule is CCCC(O)CNc1ccc([N+](=O)[O-])cc1Cl. The fourth-order valence-corrected chi connectivity index (χ4v) is 1.67. The van der Waals surface area contributed by atoms with E-state index in [9.17, 15) is 15.2 Å². The predicted octanol–water partition coefficient (Wildman–Crippen LogP) is 2.82. The maximum atomic E-state index is 10.5. The van der Waals surface area contributed by atoms with Crippen molar-refractivity contribution in [1.29, 1.82) is 0 Å². The normalized spacial score (nSPS) is 12.2. The molecule has 0 bridgehead atoms. The molecule has 94 valence electrons. The van der Waals surface area contributed by atoms with Crippen LogP contribution >= 0.6 is 11.6 Å². The minimum Gasteiger partial charge on any atom is -0.391 e. The maximum Gasteiger partial charge on any atom is 0.271 e. The number of hydrogen-bond acceptors (Lipinski definition) is 4. The Labute approximate surface area is 105 Å². The van der Waals surface area contributed by atoms with E-state index in [0.717, 1.165) is 6.42 Å². The van der Waals surface area contributed by atoms with E-state index in [1.807, 2.05) is 6.92 Å². The van der Waals surface area contributed by atoms with Crippen molar-refractivity contribution in [2.75, 3.05) is 11.9 Å². The summed E-state index contributed by atoms with van der Waals surface area (Å²) < 4.78 is 0. The molecule has 0 saturated carbocycles. The van der Waals surface area contributed by atoms with Gasteiger partial charge in [-0.1, -0.05) is 24.9 Å². The highest BCUT2D eigenvalue weighted by molar-refractivity contribution is 6.33. The quantitative estimate of drug-likeness (QED) is 0.608. The molecule has 1 unspecified atom stereocenters. The highest BCUT2D eigenvalue weighted by Crippen LogP contribution is 2.26. The number of anilines is 1. The first kappa shape index (κ1) is 13.7. The number of non-ortho nitro benzene ring substituents is 1. The second-order valence-electron chi connectivity index (χ2n) is 3.74. The van der Waals surface area contributed by atoms with Gasteiger partial charge in [0.2, 0.25) is 0 Å². The van der Waals surface area contributed by atoms with Gasteiger partial charge in [-0.2, -0.15) is 0 Å². The van der Waals surface area contributed by atoms with Gasteiger partial charge in [-0.05, 0) is 12.5 Å². The summed E-state index contributed by atoms with van der Waals surface area (Å²) >= 11 is 5.89. The molecule has 1 atom stereocenters. The number of nitrogens with one attached hydrogen (secondary N) is 1. The molecule has 0 aliphatic carbocycles. The Balaban J connectivity index is 2.63. The zero-order valence-corrected chi connectivity index (χ0v) is 10.3. The summed E-state index contributed by atoms with van der Waals surface area (Å²) in [7, 11) is 0. The smallest absolute Gasteiger partial charge is 0.271 e. The molecule has 0 radical (unpaired) electrons. The van der Waals surface area contributed by atoms with Crippen LogP contribution in [-0.2, 0) is 0 Å². The Bertz CT molecular complexity index is 398. The molecular weight excluding hydrogens is 244 g/mol. The lowest BCUT2D eigenvalue weighted by Gasteiger charge is -2.12. The molecule has 0 aliphatic heterocycles. The second kappa shape index (κ2) is 6.42. The molecule has 1 aromatic carbocycles. The molecule has 0 saturated heterocycles. The Morgan fingerprint density at radius 1 is 1.59 bits per heavy atom. The topological polar surface area (TPSA) is 75.4 Å². The van der Waals surface area contributed by atoms with E-state index in [0.29, 0.717) is 18.7 Å². The van der Waals surface area contributed by atoms with E-state index >= 15 is 0 Å². The third-order valence-electron chi connectivity index (χ3n) is 2.31. The minimum absolute atomic E-state index is 0.0466. The Morgan fingerprint density at radius 3 is 2.82 bits per heavy atom. The number of benzene rings is 1. The van der Waals surface area contributed by atoms with Crippen LogP contribution in [0.5, 0.6) is 0 Å². The monoisotopic (exact) mass is 258 g/mol. The van der Waals surface area contributed by atoms with Crippen LogP contribution in [0.15, 0.2) is 18.2 Å². The summed E-state index contributed by atoms with van der Waals surface area (Å²) in [4.78, 5) is 10.0. The molecule has 6 heteroatoms. The van der Waals surface area contributed by atoms with Gasteiger partial charge in [0, 0.05) is 18.7 Å². The second-order valence-corrected chi connectivity index (χ2v) is 4.15. The van der Waals surface area contributed by atoms with Crippen LogP contribution in [0.1, 0.15) is 19.8 Å². The number of nitro groups is 1. The Kier molecular flexibility index (Phi) is 5.18. The first-order valence-corrected chi connectivity index (χ1v) is 5.78. The van der Waals surface area contributed by atoms with Gasteiger partial charge >= 0.3 is 0 Å². The van der Waals surface area contributed by atoms with Gasteiger partial charge < -0.3 is 10.4 Å². The molecule has 2 N–H and O–H groups in total. The number of rotatable bonds is 6. The molecule has 0 fully saturated rings. The van der Waals surface area contributed by atoms with Crippen LogP contribution < -0.4 is 5.32 Å². The van der Waals surface area contributed by atoms with Crippen LogP contribution in [0.4, 0.5) is 11.4 Å². The van der Waals surface area contributed by atoms with Crippen molar-refractivity contribution in [3.05, 3.63) is 33.3 Å². The number of aliphatic hydroxyl groups excluding tert-OH is 1. The van der Waals surface area contributed by atoms with Gasteiger partial charge in [0.1, 0.15) is 0 Å². The molecule has 0 aliphatic rings. The summed E-state index contributed by atoms with van der Waals surface area (Å²) in [6, 6.07) is 4.20. The van der Waals surface area contributed by atoms with E-state index in [1.165, 1.54) is 12.1 Å². The molecule has 0 spiro atoms. The molecule has 17 heavy (non-hydrogen) atoms. The average molecular weight is 259 g/mol. The highest BCUT2D eigenvalue weighted by Gasteiger charge is 2.10. The minimum atomic E-state index is -0.498. The number of aliphatic hydroxyl groups is 1. The zero-order chi connectivity index (χ0) is 12.8. The summed E-state index contributed by atoms with van der Waals surface area (Å²) in [6.45, 7) is 2.37. The van der Waals surface area contributed by atoms with Crippen molar-refractivity contribution in [1.82, 2.24) is 0 Å². The van der Waals surface area contributed by atoms with Crippen molar-refractivity contribution >= 4 is 23.0 Å². The summed E-state index contributed by atoms with van der Waals surface area (Å²) in [5.74, 6) is 0. The predicted molar refractivity (Wildman–Crippen MR) is 67.5 cm³/mol. The zero-order valence-electron chi connectivity index (χ0n) is 9.52. The van der Waals surface area contributed by atoms with E-state index in [-0.39, 0.29) is 10.7 Å². The maximum absolute atomic E-state index is 10.5. The average Bonchev–Trinajstić information content (AvgIpc) is 2.27. The van der Waals surface area contributed by atoms with Crippen LogP contribution in [0.2, 0.25) is 5.02 Å². The summed E-state index contributed by atoms with van der Waals surface area (Å²) in [5, 5.41) is 23.3. The van der Waals surface area contributed by atoms with Crippen LogP contribution in [0.25, 0.3) is 0 Å².